The van der Waals surface area contributed by atoms with E-state index in [1.54, 1.807) is 30.1 Å². The second-order valence-corrected chi connectivity index (χ2v) is 6.72. The zero-order valence-electron chi connectivity index (χ0n) is 12.6. The van der Waals surface area contributed by atoms with Crippen LogP contribution in [0.1, 0.15) is 18.4 Å². The molecule has 0 radical (unpaired) electrons. The van der Waals surface area contributed by atoms with Gasteiger partial charge in [-0.2, -0.15) is 0 Å². The Morgan fingerprint density at radius 1 is 1.35 bits per heavy atom. The normalized spacial score (nSPS) is 17.9. The smallest absolute Gasteiger partial charge is 0.289 e. The van der Waals surface area contributed by atoms with Crippen LogP contribution in [0.25, 0.3) is 0 Å². The molecule has 0 atom stereocenters. The lowest BCUT2D eigenvalue weighted by atomic mass is 10.2. The molecule has 1 heterocycles. The third kappa shape index (κ3) is 3.16. The molecule has 1 saturated carbocycles. The summed E-state index contributed by atoms with van der Waals surface area (Å²) in [6, 6.07) is 5.30. The number of hydrogen-bond donors (Lipinski definition) is 1. The number of halogens is 2. The number of benzene rings is 1. The zero-order chi connectivity index (χ0) is 16.7. The Morgan fingerprint density at radius 3 is 2.65 bits per heavy atom. The predicted molar refractivity (Wildman–Crippen MR) is 87.3 cm³/mol. The molecule has 0 aromatic heterocycles. The monoisotopic (exact) mass is 354 g/mol. The van der Waals surface area contributed by atoms with E-state index in [1.807, 2.05) is 0 Å². The quantitative estimate of drug-likeness (QED) is 0.904. The lowest BCUT2D eigenvalue weighted by Gasteiger charge is -2.19. The molecule has 3 rings (SSSR count). The summed E-state index contributed by atoms with van der Waals surface area (Å²) in [5.41, 5.74) is 0.975. The van der Waals surface area contributed by atoms with Crippen molar-refractivity contribution in [2.24, 2.45) is 0 Å². The molecule has 1 fully saturated rings. The van der Waals surface area contributed by atoms with Gasteiger partial charge in [-0.15, -0.1) is 0 Å². The van der Waals surface area contributed by atoms with Gasteiger partial charge < -0.3 is 14.9 Å². The van der Waals surface area contributed by atoms with E-state index < -0.39 is 11.7 Å². The van der Waals surface area contributed by atoms with E-state index in [-0.39, 0.29) is 24.1 Å². The third-order valence-corrected chi connectivity index (χ3v) is 4.81. The number of carbonyl (C=O) groups excluding carboxylic acids is 2. The average Bonchev–Trinajstić information content (AvgIpc) is 3.31. The lowest BCUT2D eigenvalue weighted by Crippen LogP contribution is -2.32. The summed E-state index contributed by atoms with van der Waals surface area (Å²) >= 11 is 11.8. The van der Waals surface area contributed by atoms with Crippen molar-refractivity contribution in [3.05, 3.63) is 45.1 Å². The molecule has 0 bridgehead atoms. The van der Waals surface area contributed by atoms with E-state index >= 15 is 0 Å². The third-order valence-electron chi connectivity index (χ3n) is 4.07. The highest BCUT2D eigenvalue weighted by atomic mass is 35.5. The van der Waals surface area contributed by atoms with E-state index in [9.17, 15) is 14.7 Å². The summed E-state index contributed by atoms with van der Waals surface area (Å²) < 4.78 is 0. The molecule has 1 aliphatic heterocycles. The number of hydrogen-bond acceptors (Lipinski definition) is 3. The van der Waals surface area contributed by atoms with Crippen molar-refractivity contribution in [1.82, 2.24) is 9.80 Å². The Labute approximate surface area is 144 Å². The average molecular weight is 355 g/mol. The van der Waals surface area contributed by atoms with Crippen LogP contribution in [0.2, 0.25) is 10.0 Å². The predicted octanol–water partition coefficient (Wildman–Crippen LogP) is 2.77. The fraction of sp³-hybridized carbons (Fsp3) is 0.375. The number of amides is 2. The van der Waals surface area contributed by atoms with Crippen molar-refractivity contribution in [1.29, 1.82) is 0 Å². The zero-order valence-corrected chi connectivity index (χ0v) is 14.1. The number of aliphatic hydroxyl groups is 1. The SMILES string of the molecule is CN(Cc1ccc(Cl)c(Cl)c1)C(=O)C1=C(O)C(=O)N(C2CC2)C1. The van der Waals surface area contributed by atoms with Gasteiger partial charge in [0.1, 0.15) is 0 Å². The molecule has 0 saturated heterocycles. The van der Waals surface area contributed by atoms with Gasteiger partial charge in [-0.25, -0.2) is 0 Å². The minimum absolute atomic E-state index is 0.157. The molecule has 1 aliphatic carbocycles. The second kappa shape index (κ2) is 6.06. The fourth-order valence-electron chi connectivity index (χ4n) is 2.65. The topological polar surface area (TPSA) is 60.9 Å². The lowest BCUT2D eigenvalue weighted by molar-refractivity contribution is -0.128. The highest BCUT2D eigenvalue weighted by Gasteiger charge is 2.42. The minimum Gasteiger partial charge on any atom is -0.503 e. The van der Waals surface area contributed by atoms with Crippen molar-refractivity contribution in [2.75, 3.05) is 13.6 Å². The van der Waals surface area contributed by atoms with E-state index in [0.29, 0.717) is 16.6 Å². The highest BCUT2D eigenvalue weighted by molar-refractivity contribution is 6.42. The Balaban J connectivity index is 1.72. The largest absolute Gasteiger partial charge is 0.503 e. The molecule has 1 aromatic rings. The first-order valence-electron chi connectivity index (χ1n) is 7.31. The summed E-state index contributed by atoms with van der Waals surface area (Å²) in [6.07, 6.45) is 1.86. The van der Waals surface area contributed by atoms with Gasteiger partial charge in [-0.05, 0) is 30.5 Å². The standard InChI is InChI=1S/C16H16Cl2N2O3/c1-19(7-9-2-5-12(17)13(18)6-9)15(22)11-8-20(10-3-4-10)16(23)14(11)21/h2,5-6,10,21H,3-4,7-8H2,1H3. The van der Waals surface area contributed by atoms with Gasteiger partial charge in [0, 0.05) is 19.6 Å². The first kappa shape index (κ1) is 16.1. The summed E-state index contributed by atoms with van der Waals surface area (Å²) in [7, 11) is 1.62. The van der Waals surface area contributed by atoms with Crippen LogP contribution in [0, 0.1) is 0 Å². The van der Waals surface area contributed by atoms with E-state index in [4.69, 9.17) is 23.2 Å². The summed E-state index contributed by atoms with van der Waals surface area (Å²) in [4.78, 5) is 27.5. The number of rotatable bonds is 4. The van der Waals surface area contributed by atoms with Crippen molar-refractivity contribution in [3.63, 3.8) is 0 Å². The molecule has 23 heavy (non-hydrogen) atoms. The Morgan fingerprint density at radius 2 is 2.04 bits per heavy atom. The molecule has 0 spiro atoms. The maximum absolute atomic E-state index is 12.5. The number of likely N-dealkylation sites (N-methyl/N-ethyl adjacent to an activating group) is 1. The van der Waals surface area contributed by atoms with Crippen molar-refractivity contribution >= 4 is 35.0 Å². The molecule has 1 N–H and O–H groups in total. The van der Waals surface area contributed by atoms with Crippen molar-refractivity contribution < 1.29 is 14.7 Å². The molecule has 122 valence electrons. The van der Waals surface area contributed by atoms with Gasteiger partial charge in [-0.3, -0.25) is 9.59 Å². The van der Waals surface area contributed by atoms with Crippen LogP contribution >= 0.6 is 23.2 Å². The van der Waals surface area contributed by atoms with Crippen LogP contribution in [0.4, 0.5) is 0 Å². The maximum atomic E-state index is 12.5. The van der Waals surface area contributed by atoms with Gasteiger partial charge in [0.05, 0.1) is 22.2 Å². The summed E-state index contributed by atoms with van der Waals surface area (Å²) in [5.74, 6) is -1.23. The van der Waals surface area contributed by atoms with Gasteiger partial charge in [0.25, 0.3) is 11.8 Å². The van der Waals surface area contributed by atoms with Crippen LogP contribution in [-0.2, 0) is 16.1 Å². The molecule has 0 unspecified atom stereocenters. The second-order valence-electron chi connectivity index (χ2n) is 5.90. The summed E-state index contributed by atoms with van der Waals surface area (Å²) in [6.45, 7) is 0.490. The molecular weight excluding hydrogens is 339 g/mol. The van der Waals surface area contributed by atoms with Crippen LogP contribution in [0.5, 0.6) is 0 Å². The Hall–Kier alpha value is -1.72. The number of carbonyl (C=O) groups is 2. The Kier molecular flexibility index (Phi) is 4.25. The first-order valence-corrected chi connectivity index (χ1v) is 8.06. The van der Waals surface area contributed by atoms with Crippen LogP contribution in [-0.4, -0.2) is 46.4 Å². The molecule has 1 aromatic carbocycles. The number of aliphatic hydroxyl groups excluding tert-OH is 1. The van der Waals surface area contributed by atoms with Gasteiger partial charge in [-0.1, -0.05) is 29.3 Å². The number of nitrogens with zero attached hydrogens (tertiary/aromatic N) is 2. The minimum atomic E-state index is -0.446. The van der Waals surface area contributed by atoms with Crippen LogP contribution < -0.4 is 0 Å². The van der Waals surface area contributed by atoms with Crippen LogP contribution in [0.15, 0.2) is 29.5 Å². The van der Waals surface area contributed by atoms with Gasteiger partial charge in [0.15, 0.2) is 5.76 Å². The van der Waals surface area contributed by atoms with E-state index in [2.05, 4.69) is 0 Å². The van der Waals surface area contributed by atoms with Gasteiger partial charge in [0.2, 0.25) is 0 Å². The van der Waals surface area contributed by atoms with Crippen molar-refractivity contribution in [2.45, 2.75) is 25.4 Å². The van der Waals surface area contributed by atoms with Crippen molar-refractivity contribution in [3.8, 4) is 0 Å². The Bertz CT molecular complexity index is 713. The first-order chi connectivity index (χ1) is 10.9. The molecule has 2 aliphatic rings. The molecule has 5 nitrogen and oxygen atoms in total. The van der Waals surface area contributed by atoms with E-state index in [0.717, 1.165) is 18.4 Å². The highest BCUT2D eigenvalue weighted by Crippen LogP contribution is 2.32. The summed E-state index contributed by atoms with van der Waals surface area (Å²) in [5, 5.41) is 10.8. The fourth-order valence-corrected chi connectivity index (χ4v) is 2.97. The molecule has 2 amide bonds. The van der Waals surface area contributed by atoms with Crippen LogP contribution in [0.3, 0.4) is 0 Å². The van der Waals surface area contributed by atoms with Gasteiger partial charge >= 0.3 is 0 Å². The molecule has 7 heteroatoms. The van der Waals surface area contributed by atoms with E-state index in [1.165, 1.54) is 4.90 Å². The molecular formula is C16H16Cl2N2O3. The maximum Gasteiger partial charge on any atom is 0.289 e.